The Balaban J connectivity index is 2.89. The minimum absolute atomic E-state index is 0.116. The zero-order valence-corrected chi connectivity index (χ0v) is 10.4. The lowest BCUT2D eigenvalue weighted by atomic mass is 10.3. The summed E-state index contributed by atoms with van der Waals surface area (Å²) >= 11 is 5.69. The highest BCUT2D eigenvalue weighted by molar-refractivity contribution is 6.32. The first kappa shape index (κ1) is 14.2. The van der Waals surface area contributed by atoms with Crippen LogP contribution in [0.5, 0.6) is 5.75 Å². The van der Waals surface area contributed by atoms with Crippen molar-refractivity contribution in [3.8, 4) is 5.75 Å². The number of amides is 1. The first-order chi connectivity index (χ1) is 8.32. The highest BCUT2D eigenvalue weighted by Gasteiger charge is 2.19. The number of likely N-dealkylation sites (N-methyl/N-ethyl adjacent to an activating group) is 1. The van der Waals surface area contributed by atoms with Gasteiger partial charge in [0.05, 0.1) is 9.95 Å². The summed E-state index contributed by atoms with van der Waals surface area (Å²) in [6.45, 7) is -0.329. The fraction of sp³-hybridized carbons (Fsp3) is 0.300. The third kappa shape index (κ3) is 3.30. The Kier molecular flexibility index (Phi) is 4.43. The maximum atomic E-state index is 13.3. The number of carbonyl (C=O) groups excluding carboxylic acids is 1. The van der Waals surface area contributed by atoms with Gasteiger partial charge in [-0.05, 0) is 0 Å². The van der Waals surface area contributed by atoms with E-state index in [2.05, 4.69) is 0 Å². The first-order valence-electron chi connectivity index (χ1n) is 4.79. The van der Waals surface area contributed by atoms with E-state index in [-0.39, 0.29) is 23.3 Å². The average molecular weight is 277 g/mol. The third-order valence-corrected chi connectivity index (χ3v) is 2.34. The van der Waals surface area contributed by atoms with Crippen molar-refractivity contribution in [1.82, 2.24) is 4.90 Å². The van der Waals surface area contributed by atoms with E-state index in [0.29, 0.717) is 0 Å². The molecule has 98 valence electrons. The molecule has 0 atom stereocenters. The molecule has 0 unspecified atom stereocenters. The normalized spacial score (nSPS) is 10.0. The third-order valence-electron chi connectivity index (χ3n) is 2.05. The molecule has 0 saturated carbocycles. The van der Waals surface area contributed by atoms with Crippen molar-refractivity contribution in [3.05, 3.63) is 33.1 Å². The Morgan fingerprint density at radius 1 is 1.56 bits per heavy atom. The molecule has 1 aromatic rings. The Morgan fingerprint density at radius 3 is 2.67 bits per heavy atom. The van der Waals surface area contributed by atoms with Gasteiger partial charge in [0, 0.05) is 26.2 Å². The van der Waals surface area contributed by atoms with E-state index in [0.717, 1.165) is 12.1 Å². The van der Waals surface area contributed by atoms with Crippen LogP contribution in [0.4, 0.5) is 10.1 Å². The SMILES string of the molecule is CN(C)C(=O)COc1cc(F)c([N+](=O)[O-])cc1Cl. The lowest BCUT2D eigenvalue weighted by Crippen LogP contribution is -2.27. The number of nitrogens with zero attached hydrogens (tertiary/aromatic N) is 2. The van der Waals surface area contributed by atoms with Crippen molar-refractivity contribution in [2.45, 2.75) is 0 Å². The molecule has 0 aliphatic rings. The highest BCUT2D eigenvalue weighted by atomic mass is 35.5. The van der Waals surface area contributed by atoms with E-state index in [1.54, 1.807) is 0 Å². The molecule has 0 bridgehead atoms. The number of nitro groups is 1. The summed E-state index contributed by atoms with van der Waals surface area (Å²) in [4.78, 5) is 22.1. The van der Waals surface area contributed by atoms with Crippen LogP contribution in [0.3, 0.4) is 0 Å². The molecule has 0 N–H and O–H groups in total. The standard InChI is InChI=1S/C10H10ClFN2O4/c1-13(2)10(15)5-18-9-4-7(12)8(14(16)17)3-6(9)11/h3-4H,5H2,1-2H3. The molecule has 6 nitrogen and oxygen atoms in total. The molecule has 0 spiro atoms. The number of hydrogen-bond acceptors (Lipinski definition) is 4. The van der Waals surface area contributed by atoms with Gasteiger partial charge >= 0.3 is 5.69 Å². The second kappa shape index (κ2) is 5.63. The van der Waals surface area contributed by atoms with E-state index >= 15 is 0 Å². The largest absolute Gasteiger partial charge is 0.482 e. The quantitative estimate of drug-likeness (QED) is 0.621. The van der Waals surface area contributed by atoms with Crippen LogP contribution in [0.25, 0.3) is 0 Å². The molecule has 8 heteroatoms. The summed E-state index contributed by atoms with van der Waals surface area (Å²) in [5.74, 6) is -1.53. The molecule has 0 heterocycles. The first-order valence-corrected chi connectivity index (χ1v) is 5.17. The second-order valence-corrected chi connectivity index (χ2v) is 3.98. The summed E-state index contributed by atoms with van der Waals surface area (Å²) in [7, 11) is 3.06. The Bertz CT molecular complexity index is 493. The van der Waals surface area contributed by atoms with Gasteiger partial charge in [0.2, 0.25) is 5.82 Å². The zero-order chi connectivity index (χ0) is 13.9. The van der Waals surface area contributed by atoms with Gasteiger partial charge in [-0.25, -0.2) is 0 Å². The fourth-order valence-corrected chi connectivity index (χ4v) is 1.25. The van der Waals surface area contributed by atoms with Crippen molar-refractivity contribution in [2.75, 3.05) is 20.7 Å². The molecule has 1 aromatic carbocycles. The highest BCUT2D eigenvalue weighted by Crippen LogP contribution is 2.31. The van der Waals surface area contributed by atoms with Crippen molar-refractivity contribution in [1.29, 1.82) is 0 Å². The molecule has 1 amide bonds. The van der Waals surface area contributed by atoms with Gasteiger partial charge in [-0.1, -0.05) is 11.6 Å². The van der Waals surface area contributed by atoms with Gasteiger partial charge in [-0.3, -0.25) is 14.9 Å². The summed E-state index contributed by atoms with van der Waals surface area (Å²) in [6.07, 6.45) is 0. The van der Waals surface area contributed by atoms with Gasteiger partial charge in [-0.15, -0.1) is 0 Å². The van der Waals surface area contributed by atoms with Crippen molar-refractivity contribution in [3.63, 3.8) is 0 Å². The molecule has 18 heavy (non-hydrogen) atoms. The molecule has 0 aliphatic heterocycles. The molecule has 0 fully saturated rings. The van der Waals surface area contributed by atoms with Crippen molar-refractivity contribution >= 4 is 23.2 Å². The number of nitro benzene ring substituents is 1. The van der Waals surface area contributed by atoms with Gasteiger partial charge in [-0.2, -0.15) is 4.39 Å². The smallest absolute Gasteiger partial charge is 0.306 e. The lowest BCUT2D eigenvalue weighted by molar-refractivity contribution is -0.387. The van der Waals surface area contributed by atoms with E-state index in [1.807, 2.05) is 0 Å². The number of halogens is 2. The van der Waals surface area contributed by atoms with Gasteiger partial charge in [0.25, 0.3) is 5.91 Å². The van der Waals surface area contributed by atoms with Gasteiger partial charge < -0.3 is 9.64 Å². The summed E-state index contributed by atoms with van der Waals surface area (Å²) in [6, 6.07) is 1.62. The predicted octanol–water partition coefficient (Wildman–Crippen LogP) is 1.85. The lowest BCUT2D eigenvalue weighted by Gasteiger charge is -2.12. The Hall–Kier alpha value is -1.89. The van der Waals surface area contributed by atoms with Crippen LogP contribution in [0.2, 0.25) is 5.02 Å². The summed E-state index contributed by atoms with van der Waals surface area (Å²) < 4.78 is 18.3. The molecular weight excluding hydrogens is 267 g/mol. The van der Waals surface area contributed by atoms with Crippen LogP contribution < -0.4 is 4.74 Å². The maximum Gasteiger partial charge on any atom is 0.306 e. The van der Waals surface area contributed by atoms with Crippen molar-refractivity contribution < 1.29 is 18.8 Å². The number of rotatable bonds is 4. The minimum atomic E-state index is -1.07. The second-order valence-electron chi connectivity index (χ2n) is 3.57. The number of ether oxygens (including phenoxy) is 1. The maximum absolute atomic E-state index is 13.3. The Morgan fingerprint density at radius 2 is 2.17 bits per heavy atom. The predicted molar refractivity (Wildman–Crippen MR) is 62.3 cm³/mol. The molecule has 0 radical (unpaired) electrons. The topological polar surface area (TPSA) is 72.7 Å². The molecule has 1 rings (SSSR count). The Labute approximate surface area is 107 Å². The number of hydrogen-bond donors (Lipinski definition) is 0. The van der Waals surface area contributed by atoms with E-state index < -0.39 is 16.4 Å². The fourth-order valence-electron chi connectivity index (χ4n) is 1.04. The van der Waals surface area contributed by atoms with Crippen LogP contribution in [0.1, 0.15) is 0 Å². The monoisotopic (exact) mass is 276 g/mol. The summed E-state index contributed by atoms with van der Waals surface area (Å²) in [5.41, 5.74) is -0.744. The minimum Gasteiger partial charge on any atom is -0.482 e. The average Bonchev–Trinajstić information content (AvgIpc) is 2.28. The van der Waals surface area contributed by atoms with E-state index in [1.165, 1.54) is 19.0 Å². The van der Waals surface area contributed by atoms with E-state index in [4.69, 9.17) is 16.3 Å². The number of benzene rings is 1. The molecular formula is C10H10ClFN2O4. The van der Waals surface area contributed by atoms with E-state index in [9.17, 15) is 19.3 Å². The van der Waals surface area contributed by atoms with Gasteiger partial charge in [0.1, 0.15) is 5.75 Å². The van der Waals surface area contributed by atoms with Crippen LogP contribution in [-0.4, -0.2) is 36.4 Å². The van der Waals surface area contributed by atoms with Crippen LogP contribution >= 0.6 is 11.6 Å². The van der Waals surface area contributed by atoms with Gasteiger partial charge in [0.15, 0.2) is 6.61 Å². The molecule has 0 aliphatic carbocycles. The van der Waals surface area contributed by atoms with Crippen LogP contribution in [0, 0.1) is 15.9 Å². The van der Waals surface area contributed by atoms with Crippen LogP contribution in [0.15, 0.2) is 12.1 Å². The van der Waals surface area contributed by atoms with Crippen LogP contribution in [-0.2, 0) is 4.79 Å². The number of carbonyl (C=O) groups is 1. The molecule has 0 saturated heterocycles. The molecule has 0 aromatic heterocycles. The summed E-state index contributed by atoms with van der Waals surface area (Å²) in [5, 5.41) is 10.3. The van der Waals surface area contributed by atoms with Crippen molar-refractivity contribution in [2.24, 2.45) is 0 Å². The zero-order valence-electron chi connectivity index (χ0n) is 9.65.